The van der Waals surface area contributed by atoms with E-state index in [1.165, 1.54) is 0 Å². The first-order valence-electron chi connectivity index (χ1n) is 10.2. The molecule has 9 nitrogen and oxygen atoms in total. The van der Waals surface area contributed by atoms with Crippen molar-refractivity contribution in [1.29, 1.82) is 0 Å². The van der Waals surface area contributed by atoms with Gasteiger partial charge in [-0.25, -0.2) is 9.78 Å². The predicted molar refractivity (Wildman–Crippen MR) is 117 cm³/mol. The van der Waals surface area contributed by atoms with E-state index in [4.69, 9.17) is 9.26 Å². The van der Waals surface area contributed by atoms with Gasteiger partial charge >= 0.3 is 6.03 Å². The zero-order valence-corrected chi connectivity index (χ0v) is 17.7. The molecule has 0 saturated carbocycles. The number of hydrogen-bond acceptors (Lipinski definition) is 6. The van der Waals surface area contributed by atoms with Gasteiger partial charge in [-0.2, -0.15) is 4.98 Å². The van der Waals surface area contributed by atoms with Crippen LogP contribution in [-0.2, 0) is 13.0 Å². The number of H-pyrrole nitrogens is 1. The summed E-state index contributed by atoms with van der Waals surface area (Å²) in [6.45, 7) is 2.37. The molecule has 1 atom stereocenters. The molecule has 0 fully saturated rings. The molecule has 2 aromatic carbocycles. The van der Waals surface area contributed by atoms with Crippen molar-refractivity contribution < 1.29 is 14.1 Å². The summed E-state index contributed by atoms with van der Waals surface area (Å²) >= 11 is 0. The van der Waals surface area contributed by atoms with E-state index in [1.807, 2.05) is 31.2 Å². The maximum absolute atomic E-state index is 13.2. The summed E-state index contributed by atoms with van der Waals surface area (Å²) < 4.78 is 10.8. The Morgan fingerprint density at radius 1 is 1.19 bits per heavy atom. The quantitative estimate of drug-likeness (QED) is 0.504. The molecule has 2 amide bonds. The Kier molecular flexibility index (Phi) is 5.06. The van der Waals surface area contributed by atoms with Crippen LogP contribution in [0, 0.1) is 6.92 Å². The van der Waals surface area contributed by atoms with Gasteiger partial charge in [-0.05, 0) is 31.2 Å². The molecule has 1 aliphatic rings. The second-order valence-electron chi connectivity index (χ2n) is 7.66. The molecule has 0 aliphatic carbocycles. The number of aromatic nitrogens is 4. The molecule has 2 aromatic heterocycles. The molecular formula is C23H22N6O3. The second-order valence-corrected chi connectivity index (χ2v) is 7.66. The minimum Gasteiger partial charge on any atom is -0.497 e. The third kappa shape index (κ3) is 3.80. The Morgan fingerprint density at radius 3 is 2.72 bits per heavy atom. The summed E-state index contributed by atoms with van der Waals surface area (Å²) in [6.07, 6.45) is 2.11. The van der Waals surface area contributed by atoms with E-state index < -0.39 is 6.04 Å². The molecule has 9 heteroatoms. The highest BCUT2D eigenvalue weighted by Gasteiger charge is 2.36. The van der Waals surface area contributed by atoms with Crippen LogP contribution >= 0.6 is 0 Å². The molecule has 3 heterocycles. The van der Waals surface area contributed by atoms with Gasteiger partial charge in [0, 0.05) is 17.7 Å². The number of rotatable bonds is 4. The van der Waals surface area contributed by atoms with Gasteiger partial charge in [0.15, 0.2) is 0 Å². The highest BCUT2D eigenvalue weighted by atomic mass is 16.5. The van der Waals surface area contributed by atoms with Crippen LogP contribution < -0.4 is 10.1 Å². The van der Waals surface area contributed by atoms with Gasteiger partial charge in [-0.3, -0.25) is 0 Å². The number of nitrogens with zero attached hydrogens (tertiary/aromatic N) is 4. The smallest absolute Gasteiger partial charge is 0.322 e. The van der Waals surface area contributed by atoms with Gasteiger partial charge in [-0.15, -0.1) is 0 Å². The lowest BCUT2D eigenvalue weighted by atomic mass is 10.0. The lowest BCUT2D eigenvalue weighted by Crippen LogP contribution is -2.41. The Balaban J connectivity index is 1.42. The molecule has 0 saturated heterocycles. The third-order valence-electron chi connectivity index (χ3n) is 5.54. The number of aromatic amines is 1. The largest absolute Gasteiger partial charge is 0.497 e. The van der Waals surface area contributed by atoms with E-state index in [1.54, 1.807) is 42.6 Å². The van der Waals surface area contributed by atoms with Crippen molar-refractivity contribution in [3.63, 3.8) is 0 Å². The molecule has 1 unspecified atom stereocenters. The summed E-state index contributed by atoms with van der Waals surface area (Å²) in [5.74, 6) is 1.58. The molecule has 162 valence electrons. The van der Waals surface area contributed by atoms with Crippen molar-refractivity contribution in [2.75, 3.05) is 12.4 Å². The highest BCUT2D eigenvalue weighted by molar-refractivity contribution is 5.89. The van der Waals surface area contributed by atoms with E-state index in [0.717, 1.165) is 28.3 Å². The van der Waals surface area contributed by atoms with Crippen LogP contribution in [0.4, 0.5) is 10.5 Å². The van der Waals surface area contributed by atoms with Crippen molar-refractivity contribution in [1.82, 2.24) is 25.0 Å². The fourth-order valence-corrected chi connectivity index (χ4v) is 3.73. The van der Waals surface area contributed by atoms with Crippen molar-refractivity contribution in [2.45, 2.75) is 25.9 Å². The summed E-state index contributed by atoms with van der Waals surface area (Å²) in [7, 11) is 1.60. The number of carbonyl (C=O) groups is 1. The van der Waals surface area contributed by atoms with Crippen molar-refractivity contribution in [3.05, 3.63) is 77.7 Å². The standard InChI is InChI=1S/C23H22N6O3/c1-14-3-5-15(6-4-14)21-27-22(32-28-21)20-11-18-19(25-13-24-18)12-29(20)23(30)26-16-7-9-17(31-2)10-8-16/h3-10,13,20H,11-12H2,1-2H3,(H,24,25)(H,26,30). The third-order valence-corrected chi connectivity index (χ3v) is 5.54. The van der Waals surface area contributed by atoms with Gasteiger partial charge in [-0.1, -0.05) is 35.0 Å². The normalized spacial score (nSPS) is 15.3. The number of ether oxygens (including phenoxy) is 1. The number of methoxy groups -OCH3 is 1. The van der Waals surface area contributed by atoms with Crippen LogP contribution in [0.2, 0.25) is 0 Å². The topological polar surface area (TPSA) is 109 Å². The second kappa shape index (κ2) is 8.18. The van der Waals surface area contributed by atoms with Gasteiger partial charge in [0.25, 0.3) is 0 Å². The number of aryl methyl sites for hydroxylation is 1. The molecule has 0 bridgehead atoms. The Morgan fingerprint density at radius 2 is 1.97 bits per heavy atom. The number of amides is 2. The predicted octanol–water partition coefficient (Wildman–Crippen LogP) is 4.11. The van der Waals surface area contributed by atoms with Crippen LogP contribution in [0.25, 0.3) is 11.4 Å². The lowest BCUT2D eigenvalue weighted by Gasteiger charge is -2.32. The first kappa shape index (κ1) is 19.8. The molecule has 4 aromatic rings. The minimum absolute atomic E-state index is 0.268. The van der Waals surface area contributed by atoms with Crippen LogP contribution in [0.3, 0.4) is 0 Å². The summed E-state index contributed by atoms with van der Waals surface area (Å²) in [5.41, 5.74) is 4.45. The minimum atomic E-state index is -0.434. The van der Waals surface area contributed by atoms with Gasteiger partial charge in [0.2, 0.25) is 11.7 Å². The molecule has 5 rings (SSSR count). The number of nitrogens with one attached hydrogen (secondary N) is 2. The monoisotopic (exact) mass is 430 g/mol. The molecule has 0 spiro atoms. The van der Waals surface area contributed by atoms with Crippen molar-refractivity contribution in [2.24, 2.45) is 0 Å². The number of hydrogen-bond donors (Lipinski definition) is 2. The van der Waals surface area contributed by atoms with Crippen LogP contribution in [0.5, 0.6) is 5.75 Å². The Hall–Kier alpha value is -4.14. The zero-order valence-electron chi connectivity index (χ0n) is 17.7. The first-order chi connectivity index (χ1) is 15.6. The van der Waals surface area contributed by atoms with Crippen molar-refractivity contribution in [3.8, 4) is 17.1 Å². The fraction of sp³-hybridized carbons (Fsp3) is 0.217. The van der Waals surface area contributed by atoms with E-state index >= 15 is 0 Å². The number of fused-ring (bicyclic) bond motifs is 1. The number of anilines is 1. The average Bonchev–Trinajstić information content (AvgIpc) is 3.48. The zero-order chi connectivity index (χ0) is 22.1. The van der Waals surface area contributed by atoms with Gasteiger partial charge in [0.05, 0.1) is 31.4 Å². The number of carbonyl (C=O) groups excluding carboxylic acids is 1. The number of benzene rings is 2. The van der Waals surface area contributed by atoms with Gasteiger partial charge in [0.1, 0.15) is 11.8 Å². The van der Waals surface area contributed by atoms with E-state index in [2.05, 4.69) is 25.4 Å². The maximum Gasteiger partial charge on any atom is 0.322 e. The molecule has 0 radical (unpaired) electrons. The molecule has 2 N–H and O–H groups in total. The molecule has 32 heavy (non-hydrogen) atoms. The Bertz CT molecular complexity index is 1230. The lowest BCUT2D eigenvalue weighted by molar-refractivity contribution is 0.155. The summed E-state index contributed by atoms with van der Waals surface area (Å²) in [5, 5.41) is 7.08. The Labute approximate surface area is 184 Å². The molecule has 1 aliphatic heterocycles. The van der Waals surface area contributed by atoms with E-state index in [9.17, 15) is 4.79 Å². The SMILES string of the molecule is COc1ccc(NC(=O)N2Cc3[nH]cnc3CC2c2nc(-c3ccc(C)cc3)no2)cc1. The fourth-order valence-electron chi connectivity index (χ4n) is 3.73. The highest BCUT2D eigenvalue weighted by Crippen LogP contribution is 2.32. The summed E-state index contributed by atoms with van der Waals surface area (Å²) in [4.78, 5) is 27.0. The average molecular weight is 430 g/mol. The van der Waals surface area contributed by atoms with E-state index in [-0.39, 0.29) is 6.03 Å². The van der Waals surface area contributed by atoms with Gasteiger partial charge < -0.3 is 24.5 Å². The maximum atomic E-state index is 13.2. The summed E-state index contributed by atoms with van der Waals surface area (Å²) in [6, 6.07) is 14.4. The number of imidazole rings is 1. The van der Waals surface area contributed by atoms with Crippen LogP contribution in [-0.4, -0.2) is 38.1 Å². The first-order valence-corrected chi connectivity index (χ1v) is 10.2. The number of urea groups is 1. The van der Waals surface area contributed by atoms with Crippen molar-refractivity contribution >= 4 is 11.7 Å². The van der Waals surface area contributed by atoms with E-state index in [0.29, 0.717) is 30.4 Å². The molecular weight excluding hydrogens is 408 g/mol. The van der Waals surface area contributed by atoms with Crippen LogP contribution in [0.15, 0.2) is 59.4 Å². The van der Waals surface area contributed by atoms with Crippen LogP contribution in [0.1, 0.15) is 28.9 Å².